The van der Waals surface area contributed by atoms with Crippen molar-refractivity contribution in [3.8, 4) is 11.5 Å². The third-order valence-electron chi connectivity index (χ3n) is 4.90. The largest absolute Gasteiger partial charge is 0.493 e. The Kier molecular flexibility index (Phi) is 5.89. The van der Waals surface area contributed by atoms with Crippen molar-refractivity contribution in [1.82, 2.24) is 0 Å². The first-order valence-corrected chi connectivity index (χ1v) is 9.90. The lowest BCUT2D eigenvalue weighted by atomic mass is 10.1. The van der Waals surface area contributed by atoms with E-state index in [-0.39, 0.29) is 17.0 Å². The summed E-state index contributed by atoms with van der Waals surface area (Å²) in [5, 5.41) is 3.33. The number of ether oxygens (including phenoxy) is 2. The fourth-order valence-corrected chi connectivity index (χ4v) is 3.25. The standard InChI is InChI=1S/C25H20FNO5/c1-15(31-21-10-6-5-9-20(21)30-2)25(29)27-22-18-7-3-4-8-19(18)32-24(22)23(28)16-11-13-17(26)14-12-16/h3-15H,1-2H3,(H,27,29)/t15-/m0/s1. The van der Waals surface area contributed by atoms with Gasteiger partial charge in [-0.25, -0.2) is 4.39 Å². The number of ketones is 1. The minimum Gasteiger partial charge on any atom is -0.493 e. The molecule has 0 aliphatic heterocycles. The Morgan fingerprint density at radius 3 is 2.31 bits per heavy atom. The van der Waals surface area contributed by atoms with Gasteiger partial charge in [0.1, 0.15) is 11.4 Å². The number of hydrogen-bond acceptors (Lipinski definition) is 5. The molecule has 0 bridgehead atoms. The van der Waals surface area contributed by atoms with Crippen molar-refractivity contribution in [2.45, 2.75) is 13.0 Å². The average Bonchev–Trinajstić information content (AvgIpc) is 3.17. The minimum atomic E-state index is -0.895. The zero-order chi connectivity index (χ0) is 22.7. The van der Waals surface area contributed by atoms with Crippen LogP contribution in [0.2, 0.25) is 0 Å². The van der Waals surface area contributed by atoms with Crippen molar-refractivity contribution < 1.29 is 27.9 Å². The molecule has 1 atom stereocenters. The quantitative estimate of drug-likeness (QED) is 0.405. The summed E-state index contributed by atoms with van der Waals surface area (Å²) in [6, 6.07) is 19.1. The monoisotopic (exact) mass is 433 g/mol. The van der Waals surface area contributed by atoms with Gasteiger partial charge in [-0.2, -0.15) is 0 Å². The SMILES string of the molecule is COc1ccccc1O[C@@H](C)C(=O)Nc1c(C(=O)c2ccc(F)cc2)oc2ccccc12. The first-order valence-electron chi connectivity index (χ1n) is 9.90. The zero-order valence-corrected chi connectivity index (χ0v) is 17.4. The molecule has 4 rings (SSSR count). The third-order valence-corrected chi connectivity index (χ3v) is 4.90. The van der Waals surface area contributed by atoms with Gasteiger partial charge in [-0.3, -0.25) is 9.59 Å². The number of nitrogens with one attached hydrogen (secondary N) is 1. The van der Waals surface area contributed by atoms with E-state index in [1.807, 2.05) is 0 Å². The zero-order valence-electron chi connectivity index (χ0n) is 17.4. The van der Waals surface area contributed by atoms with Crippen LogP contribution in [0.1, 0.15) is 23.0 Å². The number of rotatable bonds is 7. The first-order chi connectivity index (χ1) is 15.5. The summed E-state index contributed by atoms with van der Waals surface area (Å²) in [6.45, 7) is 1.59. The fraction of sp³-hybridized carbons (Fsp3) is 0.120. The van der Waals surface area contributed by atoms with Crippen molar-refractivity contribution in [3.63, 3.8) is 0 Å². The summed E-state index contributed by atoms with van der Waals surface area (Å²) in [5.74, 6) is -0.548. The molecule has 0 spiro atoms. The molecule has 6 nitrogen and oxygen atoms in total. The summed E-state index contributed by atoms with van der Waals surface area (Å²) in [7, 11) is 1.51. The van der Waals surface area contributed by atoms with Crippen LogP contribution in [-0.2, 0) is 4.79 Å². The molecule has 162 valence electrons. The summed E-state index contributed by atoms with van der Waals surface area (Å²) in [4.78, 5) is 26.0. The second kappa shape index (κ2) is 8.93. The van der Waals surface area contributed by atoms with Crippen molar-refractivity contribution in [3.05, 3.63) is 89.9 Å². The molecule has 1 aromatic heterocycles. The van der Waals surface area contributed by atoms with E-state index in [1.165, 1.54) is 31.4 Å². The Morgan fingerprint density at radius 1 is 0.938 bits per heavy atom. The maximum Gasteiger partial charge on any atom is 0.265 e. The first kappa shape index (κ1) is 21.1. The van der Waals surface area contributed by atoms with Gasteiger partial charge in [-0.05, 0) is 55.5 Å². The predicted octanol–water partition coefficient (Wildman–Crippen LogP) is 5.22. The van der Waals surface area contributed by atoms with Crippen LogP contribution < -0.4 is 14.8 Å². The Balaban J connectivity index is 1.64. The van der Waals surface area contributed by atoms with Crippen molar-refractivity contribution >= 4 is 28.3 Å². The molecule has 0 saturated heterocycles. The number of fused-ring (bicyclic) bond motifs is 1. The Hall–Kier alpha value is -4.13. The molecule has 0 saturated carbocycles. The summed E-state index contributed by atoms with van der Waals surface area (Å²) >= 11 is 0. The van der Waals surface area contributed by atoms with Gasteiger partial charge in [0.25, 0.3) is 5.91 Å². The average molecular weight is 433 g/mol. The minimum absolute atomic E-state index is 0.0457. The summed E-state index contributed by atoms with van der Waals surface area (Å²) in [6.07, 6.45) is -0.895. The lowest BCUT2D eigenvalue weighted by Crippen LogP contribution is -2.30. The van der Waals surface area contributed by atoms with E-state index >= 15 is 0 Å². The highest BCUT2D eigenvalue weighted by Crippen LogP contribution is 2.33. The number of carbonyl (C=O) groups excluding carboxylic acids is 2. The second-order valence-electron chi connectivity index (χ2n) is 7.04. The number of carbonyl (C=O) groups is 2. The highest BCUT2D eigenvalue weighted by molar-refractivity contribution is 6.17. The molecule has 7 heteroatoms. The number of hydrogen-bond donors (Lipinski definition) is 1. The topological polar surface area (TPSA) is 77.8 Å². The molecule has 0 unspecified atom stereocenters. The van der Waals surface area contributed by atoms with Gasteiger partial charge in [0.15, 0.2) is 23.4 Å². The van der Waals surface area contributed by atoms with Crippen LogP contribution in [0.4, 0.5) is 10.1 Å². The van der Waals surface area contributed by atoms with Crippen LogP contribution in [0.25, 0.3) is 11.0 Å². The van der Waals surface area contributed by atoms with Gasteiger partial charge in [0.2, 0.25) is 5.78 Å². The molecular formula is C25H20FNO5. The molecule has 4 aromatic rings. The third kappa shape index (κ3) is 4.18. The van der Waals surface area contributed by atoms with Crippen molar-refractivity contribution in [2.24, 2.45) is 0 Å². The smallest absolute Gasteiger partial charge is 0.265 e. The second-order valence-corrected chi connectivity index (χ2v) is 7.04. The van der Waals surface area contributed by atoms with E-state index in [2.05, 4.69) is 5.32 Å². The van der Waals surface area contributed by atoms with Gasteiger partial charge in [-0.1, -0.05) is 24.3 Å². The van der Waals surface area contributed by atoms with Gasteiger partial charge in [-0.15, -0.1) is 0 Å². The molecule has 1 amide bonds. The Bertz CT molecular complexity index is 1280. The predicted molar refractivity (Wildman–Crippen MR) is 118 cm³/mol. The van der Waals surface area contributed by atoms with Crippen molar-refractivity contribution in [2.75, 3.05) is 12.4 Å². The number of benzene rings is 3. The van der Waals surface area contributed by atoms with Gasteiger partial charge < -0.3 is 19.2 Å². The van der Waals surface area contributed by atoms with Crippen LogP contribution in [0, 0.1) is 5.82 Å². The number of methoxy groups -OCH3 is 1. The van der Waals surface area contributed by atoms with Gasteiger partial charge in [0.05, 0.1) is 12.8 Å². The molecule has 1 heterocycles. The number of para-hydroxylation sites is 3. The van der Waals surface area contributed by atoms with Gasteiger partial charge >= 0.3 is 0 Å². The van der Waals surface area contributed by atoms with Gasteiger partial charge in [0, 0.05) is 10.9 Å². The number of furan rings is 1. The van der Waals surface area contributed by atoms with Crippen LogP contribution in [0.15, 0.2) is 77.2 Å². The van der Waals surface area contributed by atoms with Crippen LogP contribution in [0.3, 0.4) is 0 Å². The Morgan fingerprint density at radius 2 is 1.59 bits per heavy atom. The number of anilines is 1. The molecule has 3 aromatic carbocycles. The molecular weight excluding hydrogens is 413 g/mol. The maximum atomic E-state index is 13.3. The van der Waals surface area contributed by atoms with E-state index < -0.39 is 23.6 Å². The van der Waals surface area contributed by atoms with E-state index in [9.17, 15) is 14.0 Å². The molecule has 1 N–H and O–H groups in total. The maximum absolute atomic E-state index is 13.3. The van der Waals surface area contributed by atoms with Crippen LogP contribution in [0.5, 0.6) is 11.5 Å². The normalized spacial score (nSPS) is 11.7. The van der Waals surface area contributed by atoms with E-state index in [1.54, 1.807) is 55.5 Å². The number of amides is 1. The Labute approximate surface area is 183 Å². The molecule has 0 radical (unpaired) electrons. The lowest BCUT2D eigenvalue weighted by molar-refractivity contribution is -0.122. The lowest BCUT2D eigenvalue weighted by Gasteiger charge is -2.16. The molecule has 0 aliphatic carbocycles. The molecule has 0 fully saturated rings. The van der Waals surface area contributed by atoms with Crippen molar-refractivity contribution in [1.29, 1.82) is 0 Å². The fourth-order valence-electron chi connectivity index (χ4n) is 3.25. The van der Waals surface area contributed by atoms with E-state index in [0.29, 0.717) is 22.5 Å². The summed E-state index contributed by atoms with van der Waals surface area (Å²) < 4.78 is 30.1. The number of halogens is 1. The summed E-state index contributed by atoms with van der Waals surface area (Å²) in [5.41, 5.74) is 0.904. The molecule has 32 heavy (non-hydrogen) atoms. The van der Waals surface area contributed by atoms with E-state index in [0.717, 1.165) is 0 Å². The van der Waals surface area contributed by atoms with Crippen LogP contribution >= 0.6 is 0 Å². The highest BCUT2D eigenvalue weighted by atomic mass is 19.1. The van der Waals surface area contributed by atoms with E-state index in [4.69, 9.17) is 13.9 Å². The highest BCUT2D eigenvalue weighted by Gasteiger charge is 2.26. The van der Waals surface area contributed by atoms with Crippen LogP contribution in [-0.4, -0.2) is 24.9 Å². The molecule has 0 aliphatic rings.